The SMILES string of the molecule is CC[C@]12c3c4ccc(OCCOc5ccc6c7c5O[C@H]5[C@H](OC)[C@@](C)([C@@H](O)C(C)(C)C)CC([C@H](NCC8CC8)C6)[C@@]75CC)c3O[C@H]1C(OC)[C@@H]([C@@H](C)C(C)(C)C)CC2[C@H](NCC1CC1)C4. The molecular formula is C56H84N2O7. The van der Waals surface area contributed by atoms with Crippen molar-refractivity contribution >= 4 is 0 Å². The van der Waals surface area contributed by atoms with Crippen LogP contribution in [0.2, 0.25) is 0 Å². The zero-order valence-electron chi connectivity index (χ0n) is 42.1. The zero-order chi connectivity index (χ0) is 46.0. The first-order valence-electron chi connectivity index (χ1n) is 26.1. The fourth-order valence-corrected chi connectivity index (χ4v) is 15.4. The van der Waals surface area contributed by atoms with E-state index >= 15 is 0 Å². The van der Waals surface area contributed by atoms with E-state index in [2.05, 4.69) is 104 Å². The minimum atomic E-state index is -0.574. The van der Waals surface area contributed by atoms with Gasteiger partial charge in [0.2, 0.25) is 0 Å². The van der Waals surface area contributed by atoms with Gasteiger partial charge in [0.1, 0.15) is 31.5 Å². The molecule has 8 aliphatic rings. The van der Waals surface area contributed by atoms with Crippen molar-refractivity contribution in [2.24, 2.45) is 51.8 Å². The maximum absolute atomic E-state index is 12.2. The van der Waals surface area contributed by atoms with Crippen LogP contribution >= 0.6 is 0 Å². The van der Waals surface area contributed by atoms with Gasteiger partial charge in [-0.05, 0) is 147 Å². The third-order valence-corrected chi connectivity index (χ3v) is 19.3. The van der Waals surface area contributed by atoms with Crippen LogP contribution < -0.4 is 29.6 Å². The van der Waals surface area contributed by atoms with E-state index in [4.69, 9.17) is 28.4 Å². The van der Waals surface area contributed by atoms with Crippen molar-refractivity contribution in [3.05, 3.63) is 46.5 Å². The molecule has 2 aromatic carbocycles. The van der Waals surface area contributed by atoms with Crippen LogP contribution in [0, 0.1) is 51.8 Å². The van der Waals surface area contributed by atoms with E-state index in [0.29, 0.717) is 43.1 Å². The van der Waals surface area contributed by atoms with Gasteiger partial charge in [-0.15, -0.1) is 0 Å². The lowest BCUT2D eigenvalue weighted by molar-refractivity contribution is -0.202. The first-order valence-corrected chi connectivity index (χ1v) is 26.1. The number of rotatable bonds is 17. The molecule has 65 heavy (non-hydrogen) atoms. The lowest BCUT2D eigenvalue weighted by Crippen LogP contribution is -2.70. The molecule has 2 aromatic rings. The Kier molecular flexibility index (Phi) is 11.8. The Morgan fingerprint density at radius 3 is 1.69 bits per heavy atom. The second-order valence-corrected chi connectivity index (χ2v) is 24.8. The topological polar surface area (TPSA) is 99.7 Å². The number of aliphatic hydroxyl groups is 1. The largest absolute Gasteiger partial charge is 0.486 e. The molecule has 9 nitrogen and oxygen atoms in total. The molecule has 2 heterocycles. The van der Waals surface area contributed by atoms with E-state index < -0.39 is 11.5 Å². The average Bonchev–Trinajstić information content (AvgIpc) is 4.22. The second kappa shape index (κ2) is 16.6. The van der Waals surface area contributed by atoms with Crippen LogP contribution in [0.5, 0.6) is 23.0 Å². The van der Waals surface area contributed by atoms with Crippen LogP contribution in [0.1, 0.15) is 143 Å². The molecule has 9 heteroatoms. The van der Waals surface area contributed by atoms with E-state index in [1.807, 2.05) is 14.2 Å². The Labute approximate surface area is 391 Å². The highest BCUT2D eigenvalue weighted by Crippen LogP contribution is 2.67. The van der Waals surface area contributed by atoms with Gasteiger partial charge in [0.15, 0.2) is 23.0 Å². The normalized spacial score (nSPS) is 37.5. The molecule has 4 fully saturated rings. The van der Waals surface area contributed by atoms with Gasteiger partial charge in [0.05, 0.1) is 12.2 Å². The molecule has 0 spiro atoms. The minimum Gasteiger partial charge on any atom is -0.486 e. The molecule has 0 amide bonds. The molecule has 6 aliphatic carbocycles. The monoisotopic (exact) mass is 897 g/mol. The smallest absolute Gasteiger partial charge is 0.165 e. The summed E-state index contributed by atoms with van der Waals surface area (Å²) in [7, 11) is 3.72. The van der Waals surface area contributed by atoms with E-state index in [9.17, 15) is 5.11 Å². The number of methoxy groups -OCH3 is 2. The molecule has 10 rings (SSSR count). The Morgan fingerprint density at radius 2 is 1.23 bits per heavy atom. The van der Waals surface area contributed by atoms with Crippen LogP contribution in [0.3, 0.4) is 0 Å². The third-order valence-electron chi connectivity index (χ3n) is 19.3. The number of hydrogen-bond acceptors (Lipinski definition) is 9. The standard InChI is InChI=1S/C56H84N2O7/c1-13-55-37-27-36(31(3)52(4,5)6)45(60-11)48(55)64-46-41(21-19-34(43(46)55)25-39(37)57-29-32-15-16-32)62-23-24-63-42-22-20-35-26-40(58-30-33-17-18-33)38-28-54(10,51(59)53(7,8)9)49(61-12)50-56(38,14-2)44(35)47(42)65-50/h19-22,31-33,36-40,45,48-51,57-59H,13-18,23-30H2,1-12H3/t31-,36-,37?,38?,39-,40-,45?,48+,49+,50+,51+,54+,55+,56+/m1/s1. The van der Waals surface area contributed by atoms with Crippen molar-refractivity contribution in [1.29, 1.82) is 0 Å². The molecule has 3 N–H and O–H groups in total. The summed E-state index contributed by atoms with van der Waals surface area (Å²) in [5.41, 5.74) is 4.36. The predicted molar refractivity (Wildman–Crippen MR) is 257 cm³/mol. The fourth-order valence-electron chi connectivity index (χ4n) is 15.4. The molecule has 4 saturated carbocycles. The minimum absolute atomic E-state index is 0.0118. The van der Waals surface area contributed by atoms with Gasteiger partial charge in [-0.2, -0.15) is 0 Å². The maximum atomic E-state index is 12.2. The second-order valence-electron chi connectivity index (χ2n) is 24.8. The van der Waals surface area contributed by atoms with Gasteiger partial charge in [-0.3, -0.25) is 0 Å². The Hall–Kier alpha value is -2.56. The summed E-state index contributed by atoms with van der Waals surface area (Å²) >= 11 is 0. The van der Waals surface area contributed by atoms with Crippen LogP contribution in [0.25, 0.3) is 0 Å². The third kappa shape index (κ3) is 7.22. The average molecular weight is 897 g/mol. The highest BCUT2D eigenvalue weighted by molar-refractivity contribution is 5.62. The summed E-state index contributed by atoms with van der Waals surface area (Å²) in [5.74, 6) is 6.55. The van der Waals surface area contributed by atoms with Gasteiger partial charge < -0.3 is 44.2 Å². The van der Waals surface area contributed by atoms with Crippen molar-refractivity contribution in [2.45, 2.75) is 187 Å². The van der Waals surface area contributed by atoms with Gasteiger partial charge in [-0.25, -0.2) is 0 Å². The van der Waals surface area contributed by atoms with E-state index in [1.54, 1.807) is 0 Å². The molecule has 0 bridgehead atoms. The highest BCUT2D eigenvalue weighted by Gasteiger charge is 2.70. The molecule has 14 atom stereocenters. The van der Waals surface area contributed by atoms with Gasteiger partial charge >= 0.3 is 0 Å². The summed E-state index contributed by atoms with van der Waals surface area (Å²) in [4.78, 5) is 0. The Balaban J connectivity index is 0.930. The summed E-state index contributed by atoms with van der Waals surface area (Å²) in [6.45, 7) is 25.9. The van der Waals surface area contributed by atoms with Gasteiger partial charge in [-0.1, -0.05) is 81.4 Å². The lowest BCUT2D eigenvalue weighted by atomic mass is 9.46. The Morgan fingerprint density at radius 1 is 0.723 bits per heavy atom. The number of nitrogens with one attached hydrogen (secondary N) is 2. The number of ether oxygens (including phenoxy) is 6. The zero-order valence-corrected chi connectivity index (χ0v) is 42.1. The Bertz CT molecular complexity index is 2090. The van der Waals surface area contributed by atoms with Gasteiger partial charge in [0.25, 0.3) is 0 Å². The molecule has 0 aromatic heterocycles. The van der Waals surface area contributed by atoms with Crippen molar-refractivity contribution in [1.82, 2.24) is 10.6 Å². The van der Waals surface area contributed by atoms with Crippen LogP contribution in [0.15, 0.2) is 24.3 Å². The van der Waals surface area contributed by atoms with Crippen molar-refractivity contribution in [3.63, 3.8) is 0 Å². The number of benzene rings is 2. The summed E-state index contributed by atoms with van der Waals surface area (Å²) in [6, 6.07) is 9.62. The van der Waals surface area contributed by atoms with Crippen molar-refractivity contribution in [2.75, 3.05) is 40.5 Å². The fraction of sp³-hybridized carbons (Fsp3) is 0.786. The van der Waals surface area contributed by atoms with Crippen molar-refractivity contribution in [3.8, 4) is 23.0 Å². The van der Waals surface area contributed by atoms with E-state index in [0.717, 1.165) is 86.4 Å². The predicted octanol–water partition coefficient (Wildman–Crippen LogP) is 9.59. The lowest BCUT2D eigenvalue weighted by Gasteiger charge is -2.61. The van der Waals surface area contributed by atoms with Crippen LogP contribution in [-0.2, 0) is 33.1 Å². The molecule has 2 aliphatic heterocycles. The number of hydrogen-bond donors (Lipinski definition) is 3. The summed E-state index contributed by atoms with van der Waals surface area (Å²) in [5, 5.41) is 20.4. The van der Waals surface area contributed by atoms with Crippen molar-refractivity contribution < 1.29 is 33.5 Å². The first-order chi connectivity index (χ1) is 31.0. The van der Waals surface area contributed by atoms with Crippen LogP contribution in [-0.4, -0.2) is 88.2 Å². The molecular weight excluding hydrogens is 813 g/mol. The maximum Gasteiger partial charge on any atom is 0.165 e. The molecule has 0 saturated heterocycles. The van der Waals surface area contributed by atoms with Gasteiger partial charge in [0, 0.05) is 53.7 Å². The quantitative estimate of drug-likeness (QED) is 0.134. The molecule has 360 valence electrons. The first kappa shape index (κ1) is 46.2. The highest BCUT2D eigenvalue weighted by atomic mass is 16.6. The van der Waals surface area contributed by atoms with E-state index in [1.165, 1.54) is 47.9 Å². The number of aliphatic hydroxyl groups excluding tert-OH is 1. The van der Waals surface area contributed by atoms with E-state index in [-0.39, 0.29) is 52.0 Å². The summed E-state index contributed by atoms with van der Waals surface area (Å²) < 4.78 is 41.3. The molecule has 3 unspecified atom stereocenters. The summed E-state index contributed by atoms with van der Waals surface area (Å²) in [6.07, 6.45) is 10.0. The molecule has 0 radical (unpaired) electrons. The van der Waals surface area contributed by atoms with Crippen LogP contribution in [0.4, 0.5) is 0 Å².